The zero-order valence-electron chi connectivity index (χ0n) is 16.9. The zero-order valence-corrected chi connectivity index (χ0v) is 18.4. The van der Waals surface area contributed by atoms with Gasteiger partial charge in [-0.3, -0.25) is 23.9 Å². The minimum absolute atomic E-state index is 0.136. The number of hydrogen-bond acceptors (Lipinski definition) is 7. The first-order valence-electron chi connectivity index (χ1n) is 9.74. The third-order valence-electron chi connectivity index (χ3n) is 5.43. The lowest BCUT2D eigenvalue weighted by molar-refractivity contribution is -0.141. The van der Waals surface area contributed by atoms with Crippen LogP contribution in [0.25, 0.3) is 0 Å². The lowest BCUT2D eigenvalue weighted by atomic mass is 9.90. The minimum atomic E-state index is -0.587. The molecule has 2 aromatic carbocycles. The highest BCUT2D eigenvalue weighted by Crippen LogP contribution is 2.46. The van der Waals surface area contributed by atoms with E-state index in [2.05, 4.69) is 0 Å². The summed E-state index contributed by atoms with van der Waals surface area (Å²) in [4.78, 5) is 40.2. The van der Waals surface area contributed by atoms with Crippen molar-refractivity contribution in [1.29, 1.82) is 0 Å². The molecular weight excluding hydrogens is 456 g/mol. The molecule has 0 unspecified atom stereocenters. The number of benzene rings is 2. The van der Waals surface area contributed by atoms with Crippen LogP contribution in [0.3, 0.4) is 0 Å². The molecule has 0 aliphatic carbocycles. The predicted molar refractivity (Wildman–Crippen MR) is 118 cm³/mol. The summed E-state index contributed by atoms with van der Waals surface area (Å²) in [5.74, 6) is 0.393. The molecule has 2 aliphatic rings. The Morgan fingerprint density at radius 1 is 1.19 bits per heavy atom. The van der Waals surface area contributed by atoms with Crippen LogP contribution in [0.15, 0.2) is 47.3 Å². The first-order valence-corrected chi connectivity index (χ1v) is 10.9. The van der Waals surface area contributed by atoms with Crippen LogP contribution >= 0.6 is 22.9 Å². The number of fused-ring (bicyclic) bond motifs is 2. The van der Waals surface area contributed by atoms with Crippen LogP contribution in [-0.4, -0.2) is 30.3 Å². The number of amides is 1. The van der Waals surface area contributed by atoms with E-state index in [-0.39, 0.29) is 36.5 Å². The number of nitrogens with zero attached hydrogens (tertiary/aromatic N) is 2. The standard InChI is InChI=1S/C22H17ClN2O6S/c1-29-19(27)10-24-21-20(32-22(24)28)15(12-5-6-16-17(7-12)31-11-30-16)9-18(26)25(21)14-4-2-3-13(23)8-14/h2-8,15H,9-11H2,1H3/t15-/m0/s1. The van der Waals surface area contributed by atoms with E-state index in [1.54, 1.807) is 30.3 Å². The summed E-state index contributed by atoms with van der Waals surface area (Å²) in [5, 5.41) is 0.451. The van der Waals surface area contributed by atoms with Crippen LogP contribution in [0, 0.1) is 0 Å². The van der Waals surface area contributed by atoms with Gasteiger partial charge in [-0.25, -0.2) is 0 Å². The maximum atomic E-state index is 13.4. The second-order valence-electron chi connectivity index (χ2n) is 7.30. The van der Waals surface area contributed by atoms with Crippen molar-refractivity contribution in [1.82, 2.24) is 4.57 Å². The predicted octanol–water partition coefficient (Wildman–Crippen LogP) is 3.67. The molecule has 0 saturated carbocycles. The molecule has 1 amide bonds. The van der Waals surface area contributed by atoms with Crippen LogP contribution in [0.1, 0.15) is 22.8 Å². The molecule has 8 nitrogen and oxygen atoms in total. The molecule has 32 heavy (non-hydrogen) atoms. The van der Waals surface area contributed by atoms with E-state index >= 15 is 0 Å². The summed E-state index contributed by atoms with van der Waals surface area (Å²) < 4.78 is 16.9. The molecule has 0 N–H and O–H groups in total. The molecule has 3 heterocycles. The fourth-order valence-corrected chi connectivity index (χ4v) is 5.25. The molecule has 0 fully saturated rings. The molecule has 0 saturated heterocycles. The number of anilines is 2. The van der Waals surface area contributed by atoms with Gasteiger partial charge in [0.05, 0.1) is 17.7 Å². The quantitative estimate of drug-likeness (QED) is 0.538. The van der Waals surface area contributed by atoms with Crippen molar-refractivity contribution in [3.63, 3.8) is 0 Å². The van der Waals surface area contributed by atoms with Crippen molar-refractivity contribution >= 4 is 46.3 Å². The van der Waals surface area contributed by atoms with E-state index in [1.807, 2.05) is 12.1 Å². The summed E-state index contributed by atoms with van der Waals surface area (Å²) in [5.41, 5.74) is 1.34. The molecule has 2 aliphatic heterocycles. The number of aromatic nitrogens is 1. The van der Waals surface area contributed by atoms with Crippen molar-refractivity contribution in [2.24, 2.45) is 0 Å². The Labute approximate surface area is 191 Å². The van der Waals surface area contributed by atoms with E-state index < -0.39 is 5.97 Å². The number of ether oxygens (including phenoxy) is 3. The summed E-state index contributed by atoms with van der Waals surface area (Å²) in [6, 6.07) is 12.3. The Kier molecular flexibility index (Phi) is 5.15. The van der Waals surface area contributed by atoms with Gasteiger partial charge in [-0.15, -0.1) is 0 Å². The van der Waals surface area contributed by atoms with E-state index in [1.165, 1.54) is 16.6 Å². The first-order chi connectivity index (χ1) is 15.5. The Morgan fingerprint density at radius 2 is 2.00 bits per heavy atom. The highest BCUT2D eigenvalue weighted by Gasteiger charge is 2.39. The van der Waals surface area contributed by atoms with Gasteiger partial charge in [-0.1, -0.05) is 35.1 Å². The molecule has 0 bridgehead atoms. The molecule has 0 spiro atoms. The summed E-state index contributed by atoms with van der Waals surface area (Å²) in [6.07, 6.45) is 0.136. The van der Waals surface area contributed by atoms with Crippen molar-refractivity contribution < 1.29 is 23.8 Å². The Bertz CT molecular complexity index is 1300. The number of carbonyl (C=O) groups excluding carboxylic acids is 2. The third kappa shape index (κ3) is 3.43. The van der Waals surface area contributed by atoms with E-state index in [4.69, 9.17) is 25.8 Å². The first kappa shape index (κ1) is 20.6. The van der Waals surface area contributed by atoms with Crippen LogP contribution in [-0.2, 0) is 20.9 Å². The molecule has 0 radical (unpaired) electrons. The number of hydrogen-bond donors (Lipinski definition) is 0. The van der Waals surface area contributed by atoms with Gasteiger partial charge in [0.25, 0.3) is 0 Å². The van der Waals surface area contributed by atoms with Crippen molar-refractivity contribution in [3.05, 3.63) is 67.6 Å². The van der Waals surface area contributed by atoms with Crippen LogP contribution < -0.4 is 19.2 Å². The van der Waals surface area contributed by atoms with Crippen LogP contribution in [0.4, 0.5) is 11.5 Å². The van der Waals surface area contributed by atoms with Crippen molar-refractivity contribution in [2.45, 2.75) is 18.9 Å². The van der Waals surface area contributed by atoms with Gasteiger partial charge in [-0.05, 0) is 35.9 Å². The number of carbonyl (C=O) groups is 2. The van der Waals surface area contributed by atoms with Crippen LogP contribution in [0.2, 0.25) is 5.02 Å². The second kappa shape index (κ2) is 7.99. The smallest absolute Gasteiger partial charge is 0.325 e. The molecule has 164 valence electrons. The fourth-order valence-electron chi connectivity index (χ4n) is 3.96. The van der Waals surface area contributed by atoms with E-state index in [0.717, 1.165) is 16.9 Å². The largest absolute Gasteiger partial charge is 0.468 e. The molecule has 1 atom stereocenters. The monoisotopic (exact) mass is 472 g/mol. The highest BCUT2D eigenvalue weighted by atomic mass is 35.5. The average Bonchev–Trinajstić information content (AvgIpc) is 3.37. The minimum Gasteiger partial charge on any atom is -0.468 e. The number of thiazole rings is 1. The Morgan fingerprint density at radius 3 is 2.78 bits per heavy atom. The second-order valence-corrected chi connectivity index (χ2v) is 8.73. The third-order valence-corrected chi connectivity index (χ3v) is 6.75. The SMILES string of the molecule is COC(=O)Cn1c2c(sc1=O)[C@H](c1ccc3c(c1)OCO3)CC(=O)N2c1cccc(Cl)c1. The lowest BCUT2D eigenvalue weighted by Crippen LogP contribution is -2.36. The van der Waals surface area contributed by atoms with E-state index in [0.29, 0.717) is 32.9 Å². The number of esters is 1. The molecule has 5 rings (SSSR count). The van der Waals surface area contributed by atoms with Gasteiger partial charge in [-0.2, -0.15) is 0 Å². The van der Waals surface area contributed by atoms with Gasteiger partial charge in [0.2, 0.25) is 12.7 Å². The van der Waals surface area contributed by atoms with Crippen molar-refractivity contribution in [2.75, 3.05) is 18.8 Å². The zero-order chi connectivity index (χ0) is 22.4. The molecule has 3 aromatic rings. The normalized spacial score (nSPS) is 16.8. The molecular formula is C22H17ClN2O6S. The number of halogens is 1. The van der Waals surface area contributed by atoms with Gasteiger partial charge in [0, 0.05) is 17.4 Å². The molecule has 10 heteroatoms. The topological polar surface area (TPSA) is 87.1 Å². The Hall–Kier alpha value is -3.30. The van der Waals surface area contributed by atoms with Gasteiger partial charge in [0.1, 0.15) is 12.4 Å². The fraction of sp³-hybridized carbons (Fsp3) is 0.227. The summed E-state index contributed by atoms with van der Waals surface area (Å²) >= 11 is 7.18. The van der Waals surface area contributed by atoms with Gasteiger partial charge < -0.3 is 14.2 Å². The molecule has 1 aromatic heterocycles. The summed E-state index contributed by atoms with van der Waals surface area (Å²) in [6.45, 7) is -0.168. The van der Waals surface area contributed by atoms with E-state index in [9.17, 15) is 14.4 Å². The average molecular weight is 473 g/mol. The maximum absolute atomic E-state index is 13.4. The maximum Gasteiger partial charge on any atom is 0.325 e. The number of rotatable bonds is 4. The van der Waals surface area contributed by atoms with Crippen molar-refractivity contribution in [3.8, 4) is 11.5 Å². The lowest BCUT2D eigenvalue weighted by Gasteiger charge is -2.32. The Balaban J connectivity index is 1.69. The number of methoxy groups -OCH3 is 1. The highest BCUT2D eigenvalue weighted by molar-refractivity contribution is 7.10. The van der Waals surface area contributed by atoms with Gasteiger partial charge >= 0.3 is 10.8 Å². The van der Waals surface area contributed by atoms with Gasteiger partial charge in [0.15, 0.2) is 11.5 Å². The van der Waals surface area contributed by atoms with Crippen LogP contribution in [0.5, 0.6) is 11.5 Å². The summed E-state index contributed by atoms with van der Waals surface area (Å²) in [7, 11) is 1.25.